The molecule has 0 saturated carbocycles. The van der Waals surface area contributed by atoms with E-state index in [-0.39, 0.29) is 6.84 Å². The maximum atomic E-state index is 4.35. The van der Waals surface area contributed by atoms with Gasteiger partial charge in [0.05, 0.1) is 5.69 Å². The summed E-state index contributed by atoms with van der Waals surface area (Å²) >= 11 is 0. The summed E-state index contributed by atoms with van der Waals surface area (Å²) in [6, 6.07) is 4.21. The summed E-state index contributed by atoms with van der Waals surface area (Å²) in [7, 11) is 0. The molecule has 0 aliphatic carbocycles. The van der Waals surface area contributed by atoms with Crippen LogP contribution >= 0.6 is 0 Å². The minimum atomic E-state index is 0. The lowest BCUT2D eigenvalue weighted by atomic mass is 9.74. The minimum absolute atomic E-state index is 0. The predicted molar refractivity (Wildman–Crippen MR) is 70.4 cm³/mol. The molecule has 0 unspecified atom stereocenters. The average Bonchev–Trinajstić information content (AvgIpc) is 2.12. The molecule has 94 valence electrons. The zero-order chi connectivity index (χ0) is 12.1. The molecule has 2 saturated heterocycles. The fraction of sp³-hybridized carbons (Fsp3) is 0.692. The second-order valence-electron chi connectivity index (χ2n) is 6.49. The Morgan fingerprint density at radius 2 is 1.94 bits per heavy atom. The fourth-order valence-corrected chi connectivity index (χ4v) is 2.52. The molecule has 0 aromatic carbocycles. The molecule has 2 aliphatic rings. The molecule has 4 heteroatoms. The number of hydrogen-bond acceptors (Lipinski definition) is 4. The number of rotatable bonds is 1. The highest BCUT2D eigenvalue weighted by Crippen LogP contribution is 2.36. The van der Waals surface area contributed by atoms with E-state index in [4.69, 9.17) is 0 Å². The van der Waals surface area contributed by atoms with Gasteiger partial charge >= 0.3 is 0 Å². The second-order valence-corrected chi connectivity index (χ2v) is 6.49. The SMILES string of the molecule is CC(C)(C)c1ccc(N2CC3(CNC3)C2)nn1.[HH]. The number of nitrogens with one attached hydrogen (secondary N) is 1. The molecular weight excluding hydrogens is 212 g/mol. The summed E-state index contributed by atoms with van der Waals surface area (Å²) in [5.74, 6) is 1.02. The van der Waals surface area contributed by atoms with E-state index in [0.29, 0.717) is 5.41 Å². The molecule has 0 radical (unpaired) electrons. The first-order valence-corrected chi connectivity index (χ1v) is 6.29. The lowest BCUT2D eigenvalue weighted by molar-refractivity contribution is 0.120. The summed E-state index contributed by atoms with van der Waals surface area (Å²) < 4.78 is 0. The summed E-state index contributed by atoms with van der Waals surface area (Å²) in [5.41, 5.74) is 1.69. The zero-order valence-electron chi connectivity index (χ0n) is 10.8. The van der Waals surface area contributed by atoms with Gasteiger partial charge in [-0.3, -0.25) is 0 Å². The quantitative estimate of drug-likeness (QED) is 0.798. The van der Waals surface area contributed by atoms with E-state index in [1.165, 1.54) is 0 Å². The molecule has 3 heterocycles. The van der Waals surface area contributed by atoms with Crippen LogP contribution in [0.2, 0.25) is 0 Å². The van der Waals surface area contributed by atoms with Gasteiger partial charge in [-0.25, -0.2) is 0 Å². The van der Waals surface area contributed by atoms with Crippen molar-refractivity contribution in [3.05, 3.63) is 17.8 Å². The van der Waals surface area contributed by atoms with Gasteiger partial charge in [0.2, 0.25) is 0 Å². The van der Waals surface area contributed by atoms with Crippen LogP contribution in [0.3, 0.4) is 0 Å². The molecule has 2 aliphatic heterocycles. The van der Waals surface area contributed by atoms with Crippen molar-refractivity contribution < 1.29 is 1.43 Å². The number of aromatic nitrogens is 2. The van der Waals surface area contributed by atoms with E-state index in [2.05, 4.69) is 53.3 Å². The first-order valence-electron chi connectivity index (χ1n) is 6.29. The van der Waals surface area contributed by atoms with Crippen molar-refractivity contribution in [3.63, 3.8) is 0 Å². The van der Waals surface area contributed by atoms with Crippen LogP contribution in [-0.2, 0) is 5.41 Å². The Balaban J connectivity index is 0.00000120. The molecule has 2 fully saturated rings. The molecule has 1 aromatic rings. The summed E-state index contributed by atoms with van der Waals surface area (Å²) in [4.78, 5) is 2.32. The number of anilines is 1. The van der Waals surface area contributed by atoms with Gasteiger partial charge in [-0.05, 0) is 12.1 Å². The zero-order valence-corrected chi connectivity index (χ0v) is 10.8. The summed E-state index contributed by atoms with van der Waals surface area (Å²) in [6.45, 7) is 11.1. The normalized spacial score (nSPS) is 22.2. The van der Waals surface area contributed by atoms with E-state index in [0.717, 1.165) is 37.7 Å². The Hall–Kier alpha value is -1.16. The molecule has 0 amide bonds. The van der Waals surface area contributed by atoms with Crippen molar-refractivity contribution in [1.29, 1.82) is 0 Å². The maximum Gasteiger partial charge on any atom is 0.151 e. The van der Waals surface area contributed by atoms with E-state index < -0.39 is 0 Å². The Bertz CT molecular complexity index is 412. The van der Waals surface area contributed by atoms with E-state index in [9.17, 15) is 0 Å². The van der Waals surface area contributed by atoms with Gasteiger partial charge in [0.1, 0.15) is 0 Å². The maximum absolute atomic E-state index is 4.35. The first kappa shape index (κ1) is 11.0. The van der Waals surface area contributed by atoms with Crippen molar-refractivity contribution in [2.24, 2.45) is 5.41 Å². The molecule has 17 heavy (non-hydrogen) atoms. The molecule has 1 N–H and O–H groups in total. The van der Waals surface area contributed by atoms with Gasteiger partial charge in [0.15, 0.2) is 5.82 Å². The second kappa shape index (κ2) is 3.42. The molecular formula is C13H22N4. The largest absolute Gasteiger partial charge is 0.354 e. The van der Waals surface area contributed by atoms with Crippen LogP contribution in [0.4, 0.5) is 5.82 Å². The number of nitrogens with zero attached hydrogens (tertiary/aromatic N) is 3. The van der Waals surface area contributed by atoms with Crippen molar-refractivity contribution >= 4 is 5.82 Å². The first-order chi connectivity index (χ1) is 7.99. The van der Waals surface area contributed by atoms with Crippen molar-refractivity contribution in [2.45, 2.75) is 26.2 Å². The topological polar surface area (TPSA) is 41.0 Å². The van der Waals surface area contributed by atoms with Gasteiger partial charge in [-0.2, -0.15) is 5.10 Å². The third-order valence-corrected chi connectivity index (χ3v) is 3.80. The lowest BCUT2D eigenvalue weighted by Gasteiger charge is -2.56. The van der Waals surface area contributed by atoms with Crippen LogP contribution in [-0.4, -0.2) is 36.4 Å². The highest BCUT2D eigenvalue weighted by atomic mass is 15.3. The van der Waals surface area contributed by atoms with Crippen LogP contribution in [0.15, 0.2) is 12.1 Å². The van der Waals surface area contributed by atoms with Crippen LogP contribution in [0.25, 0.3) is 0 Å². The molecule has 1 aromatic heterocycles. The van der Waals surface area contributed by atoms with Crippen LogP contribution in [0.5, 0.6) is 0 Å². The molecule has 0 atom stereocenters. The standard InChI is InChI=1S/C13H20N4.H2/c1-12(2,3)10-4-5-11(16-15-10)17-8-13(9-17)6-14-7-13;/h4-5,14H,6-9H2,1-3H3;1H. The predicted octanol–water partition coefficient (Wildman–Crippen LogP) is 1.43. The molecule has 3 rings (SSSR count). The van der Waals surface area contributed by atoms with Gasteiger partial charge in [-0.1, -0.05) is 20.8 Å². The number of hydrogen-bond donors (Lipinski definition) is 1. The minimum Gasteiger partial charge on any atom is -0.354 e. The Labute approximate surface area is 104 Å². The van der Waals surface area contributed by atoms with Gasteiger partial charge < -0.3 is 10.2 Å². The van der Waals surface area contributed by atoms with E-state index in [1.807, 2.05) is 0 Å². The van der Waals surface area contributed by atoms with Crippen molar-refractivity contribution in [2.75, 3.05) is 31.1 Å². The summed E-state index contributed by atoms with van der Waals surface area (Å²) in [5, 5.41) is 12.0. The van der Waals surface area contributed by atoms with Gasteiger partial charge in [-0.15, -0.1) is 5.10 Å². The highest BCUT2D eigenvalue weighted by molar-refractivity contribution is 5.43. The third-order valence-electron chi connectivity index (χ3n) is 3.80. The van der Waals surface area contributed by atoms with E-state index in [1.54, 1.807) is 0 Å². The van der Waals surface area contributed by atoms with Crippen molar-refractivity contribution in [3.8, 4) is 0 Å². The third kappa shape index (κ3) is 1.80. The Morgan fingerprint density at radius 1 is 1.24 bits per heavy atom. The average molecular weight is 234 g/mol. The van der Waals surface area contributed by atoms with Gasteiger partial charge in [0.25, 0.3) is 0 Å². The smallest absolute Gasteiger partial charge is 0.151 e. The molecule has 0 bridgehead atoms. The fourth-order valence-electron chi connectivity index (χ4n) is 2.52. The molecule has 1 spiro atoms. The molecule has 4 nitrogen and oxygen atoms in total. The van der Waals surface area contributed by atoms with Crippen LogP contribution < -0.4 is 10.2 Å². The van der Waals surface area contributed by atoms with Gasteiger partial charge in [0, 0.05) is 38.4 Å². The van der Waals surface area contributed by atoms with E-state index >= 15 is 0 Å². The highest BCUT2D eigenvalue weighted by Gasteiger charge is 2.48. The van der Waals surface area contributed by atoms with Crippen LogP contribution in [0, 0.1) is 5.41 Å². The Kier molecular flexibility index (Phi) is 2.20. The monoisotopic (exact) mass is 234 g/mol. The Morgan fingerprint density at radius 3 is 2.35 bits per heavy atom. The summed E-state index contributed by atoms with van der Waals surface area (Å²) in [6.07, 6.45) is 0. The van der Waals surface area contributed by atoms with Crippen LogP contribution in [0.1, 0.15) is 27.9 Å². The van der Waals surface area contributed by atoms with Crippen molar-refractivity contribution in [1.82, 2.24) is 15.5 Å². The lowest BCUT2D eigenvalue weighted by Crippen LogP contribution is -2.71.